The van der Waals surface area contributed by atoms with Crippen LogP contribution in [-0.4, -0.2) is 13.4 Å². The fraction of sp³-hybridized carbons (Fsp3) is 0. The van der Waals surface area contributed by atoms with Crippen molar-refractivity contribution in [2.45, 2.75) is 0 Å². The first-order valence-corrected chi connectivity index (χ1v) is 19.2. The maximum Gasteiger partial charge on any atom is 0.252 e. The smallest absolute Gasteiger partial charge is 0.252 e. The Hall–Kier alpha value is -6.97. The van der Waals surface area contributed by atoms with Crippen LogP contribution >= 0.6 is 0 Å². The zero-order valence-electron chi connectivity index (χ0n) is 29.4. The second kappa shape index (κ2) is 9.21. The molecule has 0 N–H and O–H groups in total. The molecule has 11 aromatic rings. The first-order chi connectivity index (χ1) is 27.3. The van der Waals surface area contributed by atoms with E-state index in [-0.39, 0.29) is 13.4 Å². The minimum absolute atomic E-state index is 0.0587. The molecule has 0 bridgehead atoms. The minimum Gasteiger partial charge on any atom is -0.448 e. The molecule has 4 aliphatic heterocycles. The minimum atomic E-state index is 0.0587. The van der Waals surface area contributed by atoms with Crippen LogP contribution in [0.25, 0.3) is 86.9 Å². The van der Waals surface area contributed by atoms with Crippen LogP contribution in [-0.2, 0) is 0 Å². The summed E-state index contributed by atoms with van der Waals surface area (Å²) in [5.41, 5.74) is 14.0. The molecule has 4 aliphatic rings. The van der Waals surface area contributed by atoms with Crippen molar-refractivity contribution in [1.29, 1.82) is 0 Å². The van der Waals surface area contributed by atoms with E-state index >= 15 is 0 Å². The van der Waals surface area contributed by atoms with Crippen LogP contribution in [0.5, 0.6) is 0 Å². The first-order valence-electron chi connectivity index (χ1n) is 19.2. The molecule has 6 heterocycles. The van der Waals surface area contributed by atoms with Crippen molar-refractivity contribution in [2.24, 2.45) is 0 Å². The van der Waals surface area contributed by atoms with E-state index in [0.29, 0.717) is 0 Å². The van der Waals surface area contributed by atoms with Gasteiger partial charge in [-0.05, 0) is 86.7 Å². The molecule has 0 fully saturated rings. The van der Waals surface area contributed by atoms with Gasteiger partial charge in [0, 0.05) is 27.7 Å². The molecule has 3 nitrogen and oxygen atoms in total. The number of furan rings is 2. The zero-order chi connectivity index (χ0) is 35.3. The lowest BCUT2D eigenvalue weighted by Crippen LogP contribution is -2.62. The largest absolute Gasteiger partial charge is 0.448 e. The van der Waals surface area contributed by atoms with Gasteiger partial charge in [0.05, 0.1) is 0 Å². The third-order valence-corrected chi connectivity index (χ3v) is 13.6. The second-order valence-corrected chi connectivity index (χ2v) is 15.8. The summed E-state index contributed by atoms with van der Waals surface area (Å²) >= 11 is 0. The monoisotopic (exact) mass is 693 g/mol. The van der Waals surface area contributed by atoms with Gasteiger partial charge in [0.1, 0.15) is 12.5 Å². The highest BCUT2D eigenvalue weighted by Crippen LogP contribution is 2.49. The molecule has 9 aromatic carbocycles. The van der Waals surface area contributed by atoms with Gasteiger partial charge in [-0.1, -0.05) is 150 Å². The molecule has 0 radical (unpaired) electrons. The number of fused-ring (bicyclic) bond motifs is 24. The van der Waals surface area contributed by atoms with Crippen LogP contribution in [0.1, 0.15) is 0 Å². The Kier molecular flexibility index (Phi) is 4.62. The van der Waals surface area contributed by atoms with Crippen LogP contribution in [0.3, 0.4) is 0 Å². The van der Waals surface area contributed by atoms with E-state index in [1.165, 1.54) is 125 Å². The summed E-state index contributed by atoms with van der Waals surface area (Å²) in [6.07, 6.45) is 4.04. The summed E-state index contributed by atoms with van der Waals surface area (Å²) in [6.45, 7) is 0.117. The highest BCUT2D eigenvalue weighted by Gasteiger charge is 2.53. The predicted molar refractivity (Wildman–Crippen MR) is 231 cm³/mol. The highest BCUT2D eigenvalue weighted by atomic mass is 16.4. The number of anilines is 3. The number of hydrogen-bond acceptors (Lipinski definition) is 3. The van der Waals surface area contributed by atoms with E-state index in [1.807, 2.05) is 12.5 Å². The Morgan fingerprint density at radius 3 is 1.13 bits per heavy atom. The summed E-state index contributed by atoms with van der Waals surface area (Å²) in [6, 6.07) is 52.0. The molecule has 0 saturated carbocycles. The van der Waals surface area contributed by atoms with Gasteiger partial charge in [0.25, 0.3) is 13.4 Å². The number of benzene rings is 9. The highest BCUT2D eigenvalue weighted by molar-refractivity contribution is 7.05. The molecule has 0 saturated heterocycles. The molecule has 15 rings (SSSR count). The third-order valence-electron chi connectivity index (χ3n) is 13.6. The standard InChI is InChI=1S/C50H25B2NO2/c1-3-14-30-26(10-1)28-12-5-7-16-32(28)42-34(30)20-22-38-44(42)36-24-54-49-46(36)51(38)40-18-9-19-41-48(40)53(49)50-47-37(25-55-50)45-39(52(41)47)23-21-35-31-15-4-2-11-27(31)29-13-6-8-17-33(29)43(35)45/h1-25H. The van der Waals surface area contributed by atoms with Gasteiger partial charge in [0.15, 0.2) is 0 Å². The summed E-state index contributed by atoms with van der Waals surface area (Å²) < 4.78 is 13.6. The Morgan fingerprint density at radius 1 is 0.345 bits per heavy atom. The van der Waals surface area contributed by atoms with E-state index in [4.69, 9.17) is 8.83 Å². The van der Waals surface area contributed by atoms with Crippen LogP contribution in [0, 0.1) is 0 Å². The van der Waals surface area contributed by atoms with E-state index in [2.05, 4.69) is 144 Å². The molecule has 0 spiro atoms. The normalized spacial score (nSPS) is 14.1. The second-order valence-electron chi connectivity index (χ2n) is 15.8. The summed E-state index contributed by atoms with van der Waals surface area (Å²) in [5, 5.41) is 15.5. The molecule has 0 atom stereocenters. The lowest BCUT2D eigenvalue weighted by Gasteiger charge is -2.37. The third kappa shape index (κ3) is 2.98. The van der Waals surface area contributed by atoms with Crippen molar-refractivity contribution in [2.75, 3.05) is 4.90 Å². The van der Waals surface area contributed by atoms with Gasteiger partial charge in [-0.25, -0.2) is 0 Å². The van der Waals surface area contributed by atoms with Gasteiger partial charge in [0.2, 0.25) is 11.8 Å². The molecule has 2 aromatic heterocycles. The van der Waals surface area contributed by atoms with Gasteiger partial charge in [-0.15, -0.1) is 0 Å². The quantitative estimate of drug-likeness (QED) is 0.117. The van der Waals surface area contributed by atoms with E-state index in [9.17, 15) is 0 Å². The predicted octanol–water partition coefficient (Wildman–Crippen LogP) is 8.88. The molecular weight excluding hydrogens is 668 g/mol. The lowest BCUT2D eigenvalue weighted by atomic mass is 9.33. The summed E-state index contributed by atoms with van der Waals surface area (Å²) in [4.78, 5) is 2.32. The van der Waals surface area contributed by atoms with Crippen molar-refractivity contribution < 1.29 is 8.83 Å². The maximum absolute atomic E-state index is 6.80. The number of para-hydroxylation sites is 1. The lowest BCUT2D eigenvalue weighted by molar-refractivity contribution is 0.542. The number of nitrogens with zero attached hydrogens (tertiary/aromatic N) is 1. The van der Waals surface area contributed by atoms with Crippen LogP contribution in [0.2, 0.25) is 0 Å². The Labute approximate surface area is 315 Å². The molecule has 0 aliphatic carbocycles. The summed E-state index contributed by atoms with van der Waals surface area (Å²) in [7, 11) is 0. The van der Waals surface area contributed by atoms with Crippen LogP contribution < -0.4 is 37.7 Å². The van der Waals surface area contributed by atoms with Crippen molar-refractivity contribution in [1.82, 2.24) is 0 Å². The van der Waals surface area contributed by atoms with Gasteiger partial charge >= 0.3 is 0 Å². The van der Waals surface area contributed by atoms with Crippen molar-refractivity contribution >= 4 is 128 Å². The molecule has 0 unspecified atom stereocenters. The summed E-state index contributed by atoms with van der Waals surface area (Å²) in [5.74, 6) is 1.75. The number of hydrogen-bond donors (Lipinski definition) is 0. The Morgan fingerprint density at radius 2 is 0.709 bits per heavy atom. The van der Waals surface area contributed by atoms with Gasteiger partial charge in [-0.3, -0.25) is 4.90 Å². The van der Waals surface area contributed by atoms with Crippen LogP contribution in [0.15, 0.2) is 161 Å². The van der Waals surface area contributed by atoms with Crippen molar-refractivity contribution in [3.63, 3.8) is 0 Å². The average Bonchev–Trinajstić information content (AvgIpc) is 4.03. The SMILES string of the molecule is c1cc2c3c(c1)B1c4ccc5c6ccccc6c6ccccc6c5c4-c4coc(c41)N3c1occ3c1B2c1ccc2c4ccccc4c4ccccc4c2c1-3. The van der Waals surface area contributed by atoms with Crippen molar-refractivity contribution in [3.05, 3.63) is 152 Å². The Balaban J connectivity index is 1.04. The van der Waals surface area contributed by atoms with Gasteiger partial charge < -0.3 is 8.83 Å². The molecule has 55 heavy (non-hydrogen) atoms. The van der Waals surface area contributed by atoms with E-state index in [0.717, 1.165) is 11.8 Å². The topological polar surface area (TPSA) is 29.5 Å². The molecule has 5 heteroatoms. The van der Waals surface area contributed by atoms with Crippen molar-refractivity contribution in [3.8, 4) is 22.3 Å². The molecule has 0 amide bonds. The fourth-order valence-corrected chi connectivity index (χ4v) is 11.6. The molecule has 248 valence electrons. The zero-order valence-corrected chi connectivity index (χ0v) is 29.4. The fourth-order valence-electron chi connectivity index (χ4n) is 11.6. The Bertz CT molecular complexity index is 3340. The number of rotatable bonds is 0. The van der Waals surface area contributed by atoms with E-state index < -0.39 is 0 Å². The van der Waals surface area contributed by atoms with Crippen LogP contribution in [0.4, 0.5) is 17.5 Å². The van der Waals surface area contributed by atoms with Gasteiger partial charge in [-0.2, -0.15) is 0 Å². The maximum atomic E-state index is 6.80. The first kappa shape index (κ1) is 27.6. The molecular formula is C50H25B2NO2. The average molecular weight is 693 g/mol. The van der Waals surface area contributed by atoms with E-state index in [1.54, 1.807) is 0 Å².